The molecule has 0 saturated heterocycles. The molecule has 1 aromatic carbocycles. The van der Waals surface area contributed by atoms with Gasteiger partial charge in [0.05, 0.1) is 5.69 Å². The molecule has 1 aromatic heterocycles. The molecule has 0 atom stereocenters. The number of benzene rings is 1. The molecule has 0 bridgehead atoms. The van der Waals surface area contributed by atoms with Gasteiger partial charge in [-0.05, 0) is 56.0 Å². The Balaban J connectivity index is 2.87. The number of aromatic nitrogens is 3. The topological polar surface area (TPSA) is 63.3 Å². The van der Waals surface area contributed by atoms with Gasteiger partial charge in [0.2, 0.25) is 5.28 Å². The number of rotatable bonds is 2. The highest BCUT2D eigenvalue weighted by Crippen LogP contribution is 2.33. The number of hydrogen-bond donors (Lipinski definition) is 1. The van der Waals surface area contributed by atoms with Gasteiger partial charge in [-0.3, -0.25) is 0 Å². The van der Waals surface area contributed by atoms with Crippen LogP contribution in [0.4, 0.5) is 0 Å². The highest BCUT2D eigenvalue weighted by molar-refractivity contribution is 6.28. The normalized spacial score (nSPS) is 11.0. The lowest BCUT2D eigenvalue weighted by Crippen LogP contribution is -2.37. The van der Waals surface area contributed by atoms with Crippen LogP contribution in [-0.4, -0.2) is 33.7 Å². The van der Waals surface area contributed by atoms with Crippen LogP contribution in [0.3, 0.4) is 0 Å². The van der Waals surface area contributed by atoms with Crippen molar-refractivity contribution in [3.63, 3.8) is 0 Å². The first-order valence-electron chi connectivity index (χ1n) is 6.53. The molecule has 114 valence electrons. The zero-order valence-corrected chi connectivity index (χ0v) is 13.8. The second-order valence-corrected chi connectivity index (χ2v) is 5.66. The Morgan fingerprint density at radius 3 is 2.10 bits per heavy atom. The van der Waals surface area contributed by atoms with Crippen molar-refractivity contribution in [2.24, 2.45) is 0 Å². The zero-order chi connectivity index (χ0) is 16.1. The minimum absolute atomic E-state index is 0.0708. The van der Waals surface area contributed by atoms with Gasteiger partial charge in [-0.2, -0.15) is 9.36 Å². The lowest BCUT2D eigenvalue weighted by atomic mass is 9.97. The van der Waals surface area contributed by atoms with Gasteiger partial charge in [0.15, 0.2) is 0 Å². The van der Waals surface area contributed by atoms with Crippen molar-refractivity contribution in [2.45, 2.75) is 27.7 Å². The minimum Gasteiger partial charge on any atom is -0.507 e. The van der Waals surface area contributed by atoms with Crippen molar-refractivity contribution in [3.8, 4) is 11.4 Å². The molecule has 0 aliphatic carbocycles. The third kappa shape index (κ3) is 2.19. The molecule has 2 aromatic rings. The number of aromatic hydroxyl groups is 1. The van der Waals surface area contributed by atoms with Crippen molar-refractivity contribution in [3.05, 3.63) is 38.0 Å². The molecule has 0 radical (unpaired) electrons. The maximum atomic E-state index is 12.5. The summed E-state index contributed by atoms with van der Waals surface area (Å²) >= 11 is 6.04. The third-order valence-corrected chi connectivity index (χ3v) is 4.11. The molecule has 7 heteroatoms. The van der Waals surface area contributed by atoms with E-state index in [-0.39, 0.29) is 16.7 Å². The molecule has 1 heterocycles. The number of nitrogens with zero attached hydrogens (tertiary/aromatic N) is 4. The van der Waals surface area contributed by atoms with Gasteiger partial charge in [0, 0.05) is 19.7 Å². The van der Waals surface area contributed by atoms with Gasteiger partial charge in [-0.15, -0.1) is 5.10 Å². The zero-order valence-electron chi connectivity index (χ0n) is 13.0. The van der Waals surface area contributed by atoms with E-state index in [1.807, 2.05) is 20.8 Å². The van der Waals surface area contributed by atoms with Gasteiger partial charge in [0.1, 0.15) is 5.75 Å². The van der Waals surface area contributed by atoms with Gasteiger partial charge >= 0.3 is 5.69 Å². The summed E-state index contributed by atoms with van der Waals surface area (Å²) in [5.74, 6) is 0.176. The molecule has 0 amide bonds. The molecule has 0 saturated carbocycles. The first-order valence-corrected chi connectivity index (χ1v) is 6.91. The molecule has 21 heavy (non-hydrogen) atoms. The van der Waals surface area contributed by atoms with Crippen LogP contribution in [0.1, 0.15) is 22.3 Å². The number of phenolic OH excluding ortho intramolecular Hbond substituents is 1. The first-order chi connectivity index (χ1) is 9.68. The van der Waals surface area contributed by atoms with Gasteiger partial charge in [-0.1, -0.05) is 0 Å². The van der Waals surface area contributed by atoms with E-state index < -0.39 is 0 Å². The molecular formula is C14H19ClN4O2. The van der Waals surface area contributed by atoms with Crippen LogP contribution in [0.25, 0.3) is 5.69 Å². The van der Waals surface area contributed by atoms with E-state index in [4.69, 9.17) is 11.6 Å². The highest BCUT2D eigenvalue weighted by atomic mass is 35.5. The summed E-state index contributed by atoms with van der Waals surface area (Å²) in [6.45, 7) is 7.42. The molecule has 6 nitrogen and oxygen atoms in total. The Labute approximate surface area is 128 Å². The van der Waals surface area contributed by atoms with E-state index in [2.05, 4.69) is 5.10 Å². The van der Waals surface area contributed by atoms with Gasteiger partial charge < -0.3 is 10.1 Å². The Morgan fingerprint density at radius 2 is 1.62 bits per heavy atom. The standard InChI is InChI=1S/C14H19ClN4O2/c1-7-8(2)11(10(4)12(20)9(7)3)18-14(21)19(17(5)6)13(15)16-18/h20H,1-6H3. The lowest BCUT2D eigenvalue weighted by molar-refractivity contribution is 0.465. The van der Waals surface area contributed by atoms with Crippen molar-refractivity contribution >= 4 is 11.6 Å². The predicted molar refractivity (Wildman–Crippen MR) is 83.5 cm³/mol. The van der Waals surface area contributed by atoms with Crippen LogP contribution in [0.15, 0.2) is 4.79 Å². The Hall–Kier alpha value is -1.95. The monoisotopic (exact) mass is 310 g/mol. The average Bonchev–Trinajstić information content (AvgIpc) is 2.70. The Bertz CT molecular complexity index is 745. The molecule has 0 aliphatic heterocycles. The fourth-order valence-electron chi connectivity index (χ4n) is 2.45. The summed E-state index contributed by atoms with van der Waals surface area (Å²) in [6.07, 6.45) is 0. The molecule has 0 spiro atoms. The van der Waals surface area contributed by atoms with Crippen LogP contribution in [0, 0.1) is 27.7 Å². The van der Waals surface area contributed by atoms with Crippen LogP contribution >= 0.6 is 11.6 Å². The van der Waals surface area contributed by atoms with Gasteiger partial charge in [-0.25, -0.2) is 4.79 Å². The Kier molecular flexibility index (Phi) is 3.76. The van der Waals surface area contributed by atoms with E-state index in [0.29, 0.717) is 11.3 Å². The molecular weight excluding hydrogens is 292 g/mol. The number of hydrogen-bond acceptors (Lipinski definition) is 4. The lowest BCUT2D eigenvalue weighted by Gasteiger charge is -2.16. The van der Waals surface area contributed by atoms with Crippen LogP contribution in [0.2, 0.25) is 5.28 Å². The summed E-state index contributed by atoms with van der Waals surface area (Å²) < 4.78 is 2.49. The van der Waals surface area contributed by atoms with E-state index in [9.17, 15) is 9.90 Å². The predicted octanol–water partition coefficient (Wildman–Crippen LogP) is 1.82. The summed E-state index contributed by atoms with van der Waals surface area (Å²) in [4.78, 5) is 12.5. The smallest absolute Gasteiger partial charge is 0.370 e. The van der Waals surface area contributed by atoms with E-state index in [1.54, 1.807) is 26.0 Å². The SMILES string of the molecule is Cc1c(C)c(O)c(C)c(-n2nc(Cl)n(N(C)C)c2=O)c1C. The molecule has 0 fully saturated rings. The molecule has 0 unspecified atom stereocenters. The fourth-order valence-corrected chi connectivity index (χ4v) is 2.75. The number of phenols is 1. The van der Waals surface area contributed by atoms with Crippen molar-refractivity contribution in [1.82, 2.24) is 14.5 Å². The third-order valence-electron chi connectivity index (χ3n) is 3.88. The summed E-state index contributed by atoms with van der Waals surface area (Å²) in [6, 6.07) is 0. The van der Waals surface area contributed by atoms with E-state index in [0.717, 1.165) is 16.7 Å². The molecule has 2 rings (SSSR count). The maximum Gasteiger partial charge on any atom is 0.370 e. The van der Waals surface area contributed by atoms with Crippen molar-refractivity contribution in [1.29, 1.82) is 0 Å². The second kappa shape index (κ2) is 5.11. The molecule has 1 N–H and O–H groups in total. The first kappa shape index (κ1) is 15.4. The number of halogens is 1. The Morgan fingerprint density at radius 1 is 1.05 bits per heavy atom. The second-order valence-electron chi connectivity index (χ2n) is 5.32. The average molecular weight is 311 g/mol. The largest absolute Gasteiger partial charge is 0.507 e. The van der Waals surface area contributed by atoms with Crippen molar-refractivity contribution in [2.75, 3.05) is 19.1 Å². The fraction of sp³-hybridized carbons (Fsp3) is 0.429. The summed E-state index contributed by atoms with van der Waals surface area (Å²) in [5, 5.41) is 16.0. The van der Waals surface area contributed by atoms with Crippen molar-refractivity contribution < 1.29 is 5.11 Å². The van der Waals surface area contributed by atoms with Crippen LogP contribution in [0.5, 0.6) is 5.75 Å². The minimum atomic E-state index is -0.376. The molecule has 0 aliphatic rings. The summed E-state index contributed by atoms with van der Waals surface area (Å²) in [5.41, 5.74) is 3.43. The van der Waals surface area contributed by atoms with Crippen LogP contribution < -0.4 is 10.7 Å². The quantitative estimate of drug-likeness (QED) is 0.919. The summed E-state index contributed by atoms with van der Waals surface area (Å²) in [7, 11) is 3.41. The maximum absolute atomic E-state index is 12.5. The van der Waals surface area contributed by atoms with Crippen LogP contribution in [-0.2, 0) is 0 Å². The van der Waals surface area contributed by atoms with E-state index in [1.165, 1.54) is 9.36 Å². The van der Waals surface area contributed by atoms with Gasteiger partial charge in [0.25, 0.3) is 0 Å². The highest BCUT2D eigenvalue weighted by Gasteiger charge is 2.21. The van der Waals surface area contributed by atoms with E-state index >= 15 is 0 Å².